The Labute approximate surface area is 242 Å². The van der Waals surface area contributed by atoms with Crippen LogP contribution in [-0.2, 0) is 22.3 Å². The molecule has 216 valence electrons. The molecule has 2 atom stereocenters. The van der Waals surface area contributed by atoms with Crippen molar-refractivity contribution in [3.63, 3.8) is 0 Å². The molecule has 1 aromatic heterocycles. The molecule has 2 aromatic carbocycles. The Balaban J connectivity index is 1.61. The molecule has 3 heterocycles. The summed E-state index contributed by atoms with van der Waals surface area (Å²) in [6.45, 7) is 1.56. The lowest BCUT2D eigenvalue weighted by Crippen LogP contribution is -2.52. The summed E-state index contributed by atoms with van der Waals surface area (Å²) in [5.74, 6) is -2.03. The number of rotatable bonds is 4. The number of pyridine rings is 1. The fraction of sp³-hybridized carbons (Fsp3) is 0.286. The molecule has 0 aliphatic carbocycles. The highest BCUT2D eigenvalue weighted by molar-refractivity contribution is 6.34. The van der Waals surface area contributed by atoms with Crippen LogP contribution in [0.25, 0.3) is 0 Å². The number of aryl methyl sites for hydroxylation is 1. The molecular formula is C28H22ClF3N6O4. The van der Waals surface area contributed by atoms with Gasteiger partial charge in [-0.25, -0.2) is 4.98 Å². The monoisotopic (exact) mass is 598 g/mol. The zero-order chi connectivity index (χ0) is 30.5. The van der Waals surface area contributed by atoms with Gasteiger partial charge in [0.05, 0.1) is 26.9 Å². The van der Waals surface area contributed by atoms with E-state index in [-0.39, 0.29) is 42.3 Å². The minimum absolute atomic E-state index is 0.0351. The summed E-state index contributed by atoms with van der Waals surface area (Å²) in [7, 11) is 1.49. The van der Waals surface area contributed by atoms with E-state index in [1.54, 1.807) is 18.2 Å². The summed E-state index contributed by atoms with van der Waals surface area (Å²) in [5.41, 5.74) is -0.0531. The largest absolute Gasteiger partial charge is 0.416 e. The van der Waals surface area contributed by atoms with E-state index >= 15 is 0 Å². The number of fused-ring (bicyclic) bond motifs is 2. The van der Waals surface area contributed by atoms with Crippen molar-refractivity contribution in [2.75, 3.05) is 28.3 Å². The molecule has 2 aliphatic rings. The fourth-order valence-corrected chi connectivity index (χ4v) is 5.85. The van der Waals surface area contributed by atoms with E-state index in [1.165, 1.54) is 37.1 Å². The summed E-state index contributed by atoms with van der Waals surface area (Å²) < 4.78 is 40.9. The van der Waals surface area contributed by atoms with Crippen LogP contribution in [0.5, 0.6) is 0 Å². The third-order valence-corrected chi connectivity index (χ3v) is 7.68. The molecule has 5 rings (SSSR count). The Morgan fingerprint density at radius 1 is 1.19 bits per heavy atom. The zero-order valence-electron chi connectivity index (χ0n) is 22.2. The van der Waals surface area contributed by atoms with Crippen LogP contribution < -0.4 is 14.7 Å². The second-order valence-electron chi connectivity index (χ2n) is 10.1. The van der Waals surface area contributed by atoms with Crippen LogP contribution in [-0.4, -0.2) is 41.4 Å². The Morgan fingerprint density at radius 2 is 1.93 bits per heavy atom. The van der Waals surface area contributed by atoms with Crippen molar-refractivity contribution in [3.05, 3.63) is 86.1 Å². The number of anilines is 3. The number of alkyl halides is 3. The highest BCUT2D eigenvalue weighted by Crippen LogP contribution is 2.43. The summed E-state index contributed by atoms with van der Waals surface area (Å²) in [5, 5.41) is 21.1. The van der Waals surface area contributed by atoms with Crippen molar-refractivity contribution in [1.82, 2.24) is 4.98 Å². The lowest BCUT2D eigenvalue weighted by Gasteiger charge is -2.39. The Kier molecular flexibility index (Phi) is 7.28. The third-order valence-electron chi connectivity index (χ3n) is 7.38. The van der Waals surface area contributed by atoms with Crippen molar-refractivity contribution in [2.45, 2.75) is 32.1 Å². The van der Waals surface area contributed by atoms with Crippen LogP contribution in [0.1, 0.15) is 28.8 Å². The van der Waals surface area contributed by atoms with Gasteiger partial charge in [-0.3, -0.25) is 24.6 Å². The highest BCUT2D eigenvalue weighted by Gasteiger charge is 2.49. The maximum atomic E-state index is 13.9. The van der Waals surface area contributed by atoms with E-state index in [4.69, 9.17) is 11.6 Å². The van der Waals surface area contributed by atoms with Crippen LogP contribution in [0.15, 0.2) is 48.5 Å². The van der Waals surface area contributed by atoms with Crippen LogP contribution in [0.3, 0.4) is 0 Å². The number of para-hydroxylation sites is 1. The number of nitro groups is 1. The van der Waals surface area contributed by atoms with E-state index in [0.29, 0.717) is 22.0 Å². The number of nitrogens with zero attached hydrogens (tertiary/aromatic N) is 6. The normalized spacial score (nSPS) is 18.7. The molecule has 2 amide bonds. The number of hydrogen-bond acceptors (Lipinski definition) is 7. The lowest BCUT2D eigenvalue weighted by molar-refractivity contribution is -0.385. The molecule has 0 bridgehead atoms. The minimum Gasteiger partial charge on any atom is -0.364 e. The molecule has 10 nitrogen and oxygen atoms in total. The molecule has 0 saturated carbocycles. The van der Waals surface area contributed by atoms with Crippen molar-refractivity contribution >= 4 is 46.3 Å². The molecular weight excluding hydrogens is 577 g/mol. The average Bonchev–Trinajstić information content (AvgIpc) is 3.25. The zero-order valence-corrected chi connectivity index (χ0v) is 23.0. The maximum absolute atomic E-state index is 13.9. The van der Waals surface area contributed by atoms with Crippen molar-refractivity contribution in [1.29, 1.82) is 5.26 Å². The number of carbonyl (C=O) groups excluding carboxylic acids is 2. The second kappa shape index (κ2) is 10.6. The van der Waals surface area contributed by atoms with E-state index in [0.717, 1.165) is 17.0 Å². The Morgan fingerprint density at radius 3 is 2.60 bits per heavy atom. The third kappa shape index (κ3) is 5.09. The molecule has 0 spiro atoms. The molecule has 2 aliphatic heterocycles. The maximum Gasteiger partial charge on any atom is 0.416 e. The number of halogens is 4. The Bertz CT molecular complexity index is 1670. The first-order chi connectivity index (χ1) is 19.8. The van der Waals surface area contributed by atoms with Crippen molar-refractivity contribution < 1.29 is 27.7 Å². The molecule has 42 heavy (non-hydrogen) atoms. The summed E-state index contributed by atoms with van der Waals surface area (Å²) in [4.78, 5) is 46.3. The van der Waals surface area contributed by atoms with Crippen LogP contribution in [0.2, 0.25) is 5.02 Å². The number of nitriles is 1. The van der Waals surface area contributed by atoms with E-state index in [9.17, 15) is 38.1 Å². The SMILES string of the molecule is Cc1cc(C(F)(F)F)cc(N2C(=O)C[C@@H]3CN(Cc4ccc([N+](=O)[O-])c(C#N)c4)c4c(Cl)cccc4N(C)C(=O)[C@H]32)n1. The molecule has 3 aromatic rings. The average molecular weight is 599 g/mol. The molecule has 0 N–H and O–H groups in total. The van der Waals surface area contributed by atoms with Gasteiger partial charge in [0.2, 0.25) is 11.8 Å². The smallest absolute Gasteiger partial charge is 0.364 e. The predicted molar refractivity (Wildman–Crippen MR) is 147 cm³/mol. The molecule has 0 unspecified atom stereocenters. The van der Waals surface area contributed by atoms with E-state index in [2.05, 4.69) is 4.98 Å². The first-order valence-corrected chi connectivity index (χ1v) is 13.0. The number of benzene rings is 2. The number of aromatic nitrogens is 1. The van der Waals surface area contributed by atoms with Crippen LogP contribution in [0, 0.1) is 34.3 Å². The summed E-state index contributed by atoms with van der Waals surface area (Å²) in [6.07, 6.45) is -4.84. The molecule has 1 fully saturated rings. The Hall–Kier alpha value is -4.70. The highest BCUT2D eigenvalue weighted by atomic mass is 35.5. The van der Waals surface area contributed by atoms with Gasteiger partial charge in [0, 0.05) is 44.2 Å². The topological polar surface area (TPSA) is 124 Å². The van der Waals surface area contributed by atoms with Gasteiger partial charge in [0.15, 0.2) is 0 Å². The second-order valence-corrected chi connectivity index (χ2v) is 10.5. The van der Waals surface area contributed by atoms with Gasteiger partial charge in [-0.15, -0.1) is 0 Å². The predicted octanol–water partition coefficient (Wildman–Crippen LogP) is 5.25. The number of amides is 2. The van der Waals surface area contributed by atoms with Gasteiger partial charge in [-0.1, -0.05) is 23.7 Å². The summed E-state index contributed by atoms with van der Waals surface area (Å²) >= 11 is 6.63. The van der Waals surface area contributed by atoms with Crippen LogP contribution in [0.4, 0.5) is 36.1 Å². The van der Waals surface area contributed by atoms with Gasteiger partial charge in [0.1, 0.15) is 23.5 Å². The minimum atomic E-state index is -4.69. The number of hydrogen-bond donors (Lipinski definition) is 0. The first-order valence-electron chi connectivity index (χ1n) is 12.7. The van der Waals surface area contributed by atoms with Crippen LogP contribution >= 0.6 is 11.6 Å². The van der Waals surface area contributed by atoms with Gasteiger partial charge >= 0.3 is 6.18 Å². The van der Waals surface area contributed by atoms with Crippen molar-refractivity contribution in [2.24, 2.45) is 5.92 Å². The fourth-order valence-electron chi connectivity index (χ4n) is 5.56. The van der Waals surface area contributed by atoms with Gasteiger partial charge in [0.25, 0.3) is 5.69 Å². The summed E-state index contributed by atoms with van der Waals surface area (Å²) in [6, 6.07) is 11.3. The number of nitro benzene ring substituents is 1. The molecule has 0 radical (unpaired) electrons. The van der Waals surface area contributed by atoms with E-state index in [1.807, 2.05) is 11.0 Å². The van der Waals surface area contributed by atoms with Gasteiger partial charge < -0.3 is 9.80 Å². The number of likely N-dealkylation sites (N-methyl/N-ethyl adjacent to an activating group) is 1. The number of carbonyl (C=O) groups is 2. The molecule has 14 heteroatoms. The standard InChI is InChI=1S/C28H22ClF3N6O4/c1-15-8-19(28(30,31)32)11-23(34-15)37-24(39)10-18-14-36(13-16-6-7-21(38(41)42)17(9-16)12-33)26-20(29)4-3-5-22(26)35(2)27(40)25(18)37/h3-9,11,18,25H,10,13-14H2,1-2H3/t18-,25+/m1/s1. The van der Waals surface area contributed by atoms with Crippen molar-refractivity contribution in [3.8, 4) is 6.07 Å². The molecule has 1 saturated heterocycles. The van der Waals surface area contributed by atoms with E-state index < -0.39 is 40.4 Å². The quantitative estimate of drug-likeness (QED) is 0.297. The van der Waals surface area contributed by atoms with Gasteiger partial charge in [-0.2, -0.15) is 18.4 Å². The lowest BCUT2D eigenvalue weighted by atomic mass is 9.95. The first kappa shape index (κ1) is 28.8. The van der Waals surface area contributed by atoms with Gasteiger partial charge in [-0.05, 0) is 42.8 Å².